The predicted molar refractivity (Wildman–Crippen MR) is 107 cm³/mol. The van der Waals surface area contributed by atoms with E-state index in [1.807, 2.05) is 0 Å². The van der Waals surface area contributed by atoms with Gasteiger partial charge in [0.2, 0.25) is 21.8 Å². The zero-order chi connectivity index (χ0) is 20.3. The summed E-state index contributed by atoms with van der Waals surface area (Å²) in [6.45, 7) is 4.89. The van der Waals surface area contributed by atoms with Crippen molar-refractivity contribution in [3.05, 3.63) is 36.0 Å². The molecule has 0 radical (unpaired) electrons. The van der Waals surface area contributed by atoms with Crippen LogP contribution in [0.1, 0.15) is 37.5 Å². The Morgan fingerprint density at radius 2 is 1.76 bits per heavy atom. The lowest BCUT2D eigenvalue weighted by molar-refractivity contribution is 0.186. The molecule has 158 valence electrons. The highest BCUT2D eigenvalue weighted by atomic mass is 32.2. The quantitative estimate of drug-likeness (QED) is 0.679. The van der Waals surface area contributed by atoms with Crippen LogP contribution in [0, 0.1) is 6.92 Å². The van der Waals surface area contributed by atoms with E-state index in [1.165, 1.54) is 12.8 Å². The first-order chi connectivity index (χ1) is 14.0. The predicted octanol–water partition coefficient (Wildman–Crippen LogP) is 2.25. The minimum Gasteiger partial charge on any atom is -0.490 e. The van der Waals surface area contributed by atoms with Crippen molar-refractivity contribution in [2.75, 3.05) is 32.7 Å². The van der Waals surface area contributed by atoms with E-state index in [0.29, 0.717) is 49.3 Å². The lowest BCUT2D eigenvalue weighted by Crippen LogP contribution is -2.49. The summed E-state index contributed by atoms with van der Waals surface area (Å²) in [7, 11) is -3.48. The normalized spacial score (nSPS) is 19.6. The molecule has 0 atom stereocenters. The van der Waals surface area contributed by atoms with Crippen molar-refractivity contribution in [3.8, 4) is 5.75 Å². The monoisotopic (exact) mass is 420 g/mol. The molecule has 1 saturated heterocycles. The van der Waals surface area contributed by atoms with E-state index in [0.717, 1.165) is 25.1 Å². The van der Waals surface area contributed by atoms with E-state index in [2.05, 4.69) is 15.1 Å². The zero-order valence-corrected chi connectivity index (χ0v) is 17.6. The third-order valence-electron chi connectivity index (χ3n) is 5.61. The summed E-state index contributed by atoms with van der Waals surface area (Å²) in [6, 6.07) is 6.86. The molecule has 2 aromatic rings. The van der Waals surface area contributed by atoms with Crippen molar-refractivity contribution in [2.45, 2.75) is 50.0 Å². The first-order valence-electron chi connectivity index (χ1n) is 10.3. The van der Waals surface area contributed by atoms with Gasteiger partial charge in [-0.05, 0) is 49.9 Å². The minimum absolute atomic E-state index is 0.265. The molecule has 0 spiro atoms. The standard InChI is InChI=1S/C20H28N4O4S/c1-16-21-22-20(27-16)10-11-23-12-14-24(15-13-23)29(25,26)19-8-6-18(7-9-19)28-17-4-2-3-5-17/h6-9,17H,2-5,10-15H2,1H3. The highest BCUT2D eigenvalue weighted by Gasteiger charge is 2.28. The van der Waals surface area contributed by atoms with Gasteiger partial charge in [0.25, 0.3) is 0 Å². The molecule has 1 aliphatic carbocycles. The molecular formula is C20H28N4O4S. The van der Waals surface area contributed by atoms with Gasteiger partial charge in [-0.1, -0.05) is 0 Å². The van der Waals surface area contributed by atoms with Crippen LogP contribution in [0.4, 0.5) is 0 Å². The Labute approximate surface area is 171 Å². The second-order valence-electron chi connectivity index (χ2n) is 7.71. The summed E-state index contributed by atoms with van der Waals surface area (Å²) in [6.07, 6.45) is 5.51. The fourth-order valence-corrected chi connectivity index (χ4v) is 5.35. The van der Waals surface area contributed by atoms with E-state index in [1.54, 1.807) is 35.5 Å². The lowest BCUT2D eigenvalue weighted by atomic mass is 10.3. The van der Waals surface area contributed by atoms with Crippen LogP contribution in [0.25, 0.3) is 0 Å². The molecule has 8 nitrogen and oxygen atoms in total. The zero-order valence-electron chi connectivity index (χ0n) is 16.8. The van der Waals surface area contributed by atoms with Gasteiger partial charge in [-0.15, -0.1) is 10.2 Å². The summed E-state index contributed by atoms with van der Waals surface area (Å²) in [4.78, 5) is 2.55. The average molecular weight is 421 g/mol. The highest BCUT2D eigenvalue weighted by molar-refractivity contribution is 7.89. The summed E-state index contributed by atoms with van der Waals surface area (Å²) in [5.41, 5.74) is 0. The van der Waals surface area contributed by atoms with Crippen LogP contribution in [0.2, 0.25) is 0 Å². The lowest BCUT2D eigenvalue weighted by Gasteiger charge is -2.33. The second-order valence-corrected chi connectivity index (χ2v) is 9.64. The van der Waals surface area contributed by atoms with E-state index in [9.17, 15) is 8.42 Å². The third kappa shape index (κ3) is 4.96. The van der Waals surface area contributed by atoms with Gasteiger partial charge in [0.1, 0.15) is 5.75 Å². The molecule has 1 aromatic heterocycles. The van der Waals surface area contributed by atoms with Gasteiger partial charge in [-0.3, -0.25) is 0 Å². The third-order valence-corrected chi connectivity index (χ3v) is 7.52. The summed E-state index contributed by atoms with van der Waals surface area (Å²) in [5, 5.41) is 7.83. The molecule has 0 N–H and O–H groups in total. The second kappa shape index (κ2) is 8.81. The van der Waals surface area contributed by atoms with Crippen molar-refractivity contribution in [2.24, 2.45) is 0 Å². The molecule has 1 aliphatic heterocycles. The smallest absolute Gasteiger partial charge is 0.243 e. The Kier molecular flexibility index (Phi) is 6.17. The number of sulfonamides is 1. The number of aryl methyl sites for hydroxylation is 1. The van der Waals surface area contributed by atoms with Gasteiger partial charge in [0.05, 0.1) is 11.0 Å². The van der Waals surface area contributed by atoms with Crippen molar-refractivity contribution in [1.29, 1.82) is 0 Å². The molecule has 29 heavy (non-hydrogen) atoms. The highest BCUT2D eigenvalue weighted by Crippen LogP contribution is 2.26. The Hall–Kier alpha value is -1.97. The maximum atomic E-state index is 13.0. The molecule has 0 bridgehead atoms. The Morgan fingerprint density at radius 1 is 1.07 bits per heavy atom. The maximum Gasteiger partial charge on any atom is 0.243 e. The molecule has 4 rings (SSSR count). The SMILES string of the molecule is Cc1nnc(CCN2CCN(S(=O)(=O)c3ccc(OC4CCCC4)cc3)CC2)o1. The van der Waals surface area contributed by atoms with Gasteiger partial charge in [0, 0.05) is 46.1 Å². The fourth-order valence-electron chi connectivity index (χ4n) is 3.92. The van der Waals surface area contributed by atoms with Crippen molar-refractivity contribution in [1.82, 2.24) is 19.4 Å². The van der Waals surface area contributed by atoms with Crippen LogP contribution in [-0.4, -0.2) is 66.6 Å². The molecule has 0 unspecified atom stereocenters. The molecule has 2 fully saturated rings. The van der Waals surface area contributed by atoms with Crippen LogP contribution in [0.3, 0.4) is 0 Å². The minimum atomic E-state index is -3.48. The number of ether oxygens (including phenoxy) is 1. The van der Waals surface area contributed by atoms with Crippen LogP contribution in [0.5, 0.6) is 5.75 Å². The van der Waals surface area contributed by atoms with Gasteiger partial charge in [-0.25, -0.2) is 8.42 Å². The van der Waals surface area contributed by atoms with Gasteiger partial charge in [-0.2, -0.15) is 4.31 Å². The van der Waals surface area contributed by atoms with Crippen LogP contribution in [-0.2, 0) is 16.4 Å². The number of rotatable bonds is 7. The number of hydrogen-bond acceptors (Lipinski definition) is 7. The van der Waals surface area contributed by atoms with Crippen LogP contribution >= 0.6 is 0 Å². The van der Waals surface area contributed by atoms with E-state index in [-0.39, 0.29) is 6.10 Å². The molecule has 1 saturated carbocycles. The van der Waals surface area contributed by atoms with Gasteiger partial charge >= 0.3 is 0 Å². The van der Waals surface area contributed by atoms with Crippen molar-refractivity contribution >= 4 is 10.0 Å². The average Bonchev–Trinajstić information content (AvgIpc) is 3.39. The van der Waals surface area contributed by atoms with Gasteiger partial charge in [0.15, 0.2) is 0 Å². The van der Waals surface area contributed by atoms with Crippen LogP contribution < -0.4 is 4.74 Å². The Morgan fingerprint density at radius 3 is 2.38 bits per heavy atom. The molecule has 1 aromatic carbocycles. The van der Waals surface area contributed by atoms with Gasteiger partial charge < -0.3 is 14.1 Å². The Balaban J connectivity index is 1.30. The number of benzene rings is 1. The van der Waals surface area contributed by atoms with E-state index < -0.39 is 10.0 Å². The molecule has 2 heterocycles. The summed E-state index contributed by atoms with van der Waals surface area (Å²) in [5.74, 6) is 1.94. The largest absolute Gasteiger partial charge is 0.490 e. The molecule has 0 amide bonds. The van der Waals surface area contributed by atoms with Crippen molar-refractivity contribution in [3.63, 3.8) is 0 Å². The number of piperazine rings is 1. The summed E-state index contributed by atoms with van der Waals surface area (Å²) >= 11 is 0. The van der Waals surface area contributed by atoms with E-state index >= 15 is 0 Å². The van der Waals surface area contributed by atoms with E-state index in [4.69, 9.17) is 9.15 Å². The first-order valence-corrected chi connectivity index (χ1v) is 11.7. The number of aromatic nitrogens is 2. The first kappa shape index (κ1) is 20.3. The number of nitrogens with zero attached hydrogens (tertiary/aromatic N) is 4. The topological polar surface area (TPSA) is 88.8 Å². The fraction of sp³-hybridized carbons (Fsp3) is 0.600. The molecular weight excluding hydrogens is 392 g/mol. The van der Waals surface area contributed by atoms with Crippen molar-refractivity contribution < 1.29 is 17.6 Å². The molecule has 2 aliphatic rings. The number of hydrogen-bond donors (Lipinski definition) is 0. The molecule has 9 heteroatoms. The summed E-state index contributed by atoms with van der Waals surface area (Å²) < 4.78 is 38.8. The van der Waals surface area contributed by atoms with Crippen LogP contribution in [0.15, 0.2) is 33.6 Å². The Bertz CT molecular complexity index is 899. The maximum absolute atomic E-state index is 13.0.